The molecule has 22 heavy (non-hydrogen) atoms. The summed E-state index contributed by atoms with van der Waals surface area (Å²) in [7, 11) is -3.25. The number of benzene rings is 2. The molecule has 0 heterocycles. The smallest absolute Gasteiger partial charge is 0.229 e. The first-order valence-electron chi connectivity index (χ1n) is 7.09. The molecule has 4 nitrogen and oxygen atoms in total. The Morgan fingerprint density at radius 3 is 1.95 bits per heavy atom. The molecule has 2 N–H and O–H groups in total. The van der Waals surface area contributed by atoms with Crippen LogP contribution in [0.3, 0.4) is 0 Å². The van der Waals surface area contributed by atoms with Crippen molar-refractivity contribution in [1.82, 2.24) is 0 Å². The van der Waals surface area contributed by atoms with E-state index >= 15 is 0 Å². The zero-order valence-corrected chi connectivity index (χ0v) is 14.2. The molecule has 5 heteroatoms. The van der Waals surface area contributed by atoms with E-state index in [4.69, 9.17) is 0 Å². The number of rotatable bonds is 4. The van der Waals surface area contributed by atoms with Crippen LogP contribution in [-0.2, 0) is 15.4 Å². The van der Waals surface area contributed by atoms with Crippen molar-refractivity contribution in [3.8, 4) is 0 Å². The maximum absolute atomic E-state index is 11.2. The highest BCUT2D eigenvalue weighted by molar-refractivity contribution is 7.92. The molecule has 2 rings (SSSR count). The normalized spacial score (nSPS) is 12.0. The van der Waals surface area contributed by atoms with E-state index in [0.29, 0.717) is 5.69 Å². The summed E-state index contributed by atoms with van der Waals surface area (Å²) in [6.45, 7) is 6.52. The fourth-order valence-electron chi connectivity index (χ4n) is 2.24. The van der Waals surface area contributed by atoms with Gasteiger partial charge in [-0.05, 0) is 41.3 Å². The SMILES string of the molecule is CC(C)(C)c1ccccc1Nc1ccc(NS(C)(=O)=O)cc1. The minimum Gasteiger partial charge on any atom is -0.355 e. The Labute approximate surface area is 132 Å². The predicted octanol–water partition coefficient (Wildman–Crippen LogP) is 4.10. The molecule has 2 aromatic rings. The second kappa shape index (κ2) is 6.01. The molecule has 0 spiro atoms. The average Bonchev–Trinajstić information content (AvgIpc) is 2.39. The summed E-state index contributed by atoms with van der Waals surface area (Å²) >= 11 is 0. The Hall–Kier alpha value is -2.01. The lowest BCUT2D eigenvalue weighted by molar-refractivity contribution is 0.592. The van der Waals surface area contributed by atoms with E-state index in [9.17, 15) is 8.42 Å². The number of sulfonamides is 1. The van der Waals surface area contributed by atoms with Crippen LogP contribution in [0.4, 0.5) is 17.1 Å². The van der Waals surface area contributed by atoms with Crippen molar-refractivity contribution in [2.24, 2.45) is 0 Å². The Bertz CT molecular complexity index is 745. The molecule has 2 aromatic carbocycles. The summed E-state index contributed by atoms with van der Waals surface area (Å²) in [5.74, 6) is 0. The predicted molar refractivity (Wildman–Crippen MR) is 93.3 cm³/mol. The minimum atomic E-state index is -3.25. The second-order valence-corrected chi connectivity index (χ2v) is 8.12. The highest BCUT2D eigenvalue weighted by Gasteiger charge is 2.17. The van der Waals surface area contributed by atoms with Gasteiger partial charge in [0.05, 0.1) is 6.26 Å². The lowest BCUT2D eigenvalue weighted by Crippen LogP contribution is -2.13. The maximum Gasteiger partial charge on any atom is 0.229 e. The summed E-state index contributed by atoms with van der Waals surface area (Å²) in [4.78, 5) is 0. The topological polar surface area (TPSA) is 58.2 Å². The molecule has 0 aliphatic carbocycles. The van der Waals surface area contributed by atoms with Crippen LogP contribution in [0, 0.1) is 0 Å². The number of nitrogens with one attached hydrogen (secondary N) is 2. The summed E-state index contributed by atoms with van der Waals surface area (Å²) < 4.78 is 24.9. The van der Waals surface area contributed by atoms with Gasteiger partial charge in [0.15, 0.2) is 0 Å². The third-order valence-electron chi connectivity index (χ3n) is 3.20. The minimum absolute atomic E-state index is 0.0430. The van der Waals surface area contributed by atoms with Gasteiger partial charge in [-0.25, -0.2) is 8.42 Å². The molecule has 0 saturated carbocycles. The monoisotopic (exact) mass is 318 g/mol. The van der Waals surface area contributed by atoms with Crippen molar-refractivity contribution >= 4 is 27.1 Å². The summed E-state index contributed by atoms with van der Waals surface area (Å²) in [6.07, 6.45) is 1.14. The standard InChI is InChI=1S/C17H22N2O2S/c1-17(2,3)15-7-5-6-8-16(15)18-13-9-11-14(12-10-13)19-22(4,20)21/h5-12,18-19H,1-4H3. The maximum atomic E-state index is 11.2. The molecule has 0 atom stereocenters. The molecular formula is C17H22N2O2S. The largest absolute Gasteiger partial charge is 0.355 e. The third-order valence-corrected chi connectivity index (χ3v) is 3.81. The highest BCUT2D eigenvalue weighted by Crippen LogP contribution is 2.31. The van der Waals surface area contributed by atoms with E-state index in [1.165, 1.54) is 5.56 Å². The molecule has 118 valence electrons. The van der Waals surface area contributed by atoms with Crippen molar-refractivity contribution < 1.29 is 8.42 Å². The molecule has 0 saturated heterocycles. The third kappa shape index (κ3) is 4.49. The summed E-state index contributed by atoms with van der Waals surface area (Å²) in [6, 6.07) is 15.4. The Morgan fingerprint density at radius 1 is 0.864 bits per heavy atom. The number of para-hydroxylation sites is 1. The lowest BCUT2D eigenvalue weighted by Gasteiger charge is -2.23. The van der Waals surface area contributed by atoms with Crippen LogP contribution < -0.4 is 10.0 Å². The van der Waals surface area contributed by atoms with Crippen LogP contribution in [0.15, 0.2) is 48.5 Å². The summed E-state index contributed by atoms with van der Waals surface area (Å²) in [5, 5.41) is 3.39. The first kappa shape index (κ1) is 16.4. The fourth-order valence-corrected chi connectivity index (χ4v) is 2.80. The van der Waals surface area contributed by atoms with E-state index in [2.05, 4.69) is 36.9 Å². The van der Waals surface area contributed by atoms with E-state index in [-0.39, 0.29) is 5.41 Å². The molecule has 0 bridgehead atoms. The van der Waals surface area contributed by atoms with Crippen LogP contribution in [0.25, 0.3) is 0 Å². The number of hydrogen-bond acceptors (Lipinski definition) is 3. The van der Waals surface area contributed by atoms with Gasteiger partial charge in [0, 0.05) is 17.1 Å². The second-order valence-electron chi connectivity index (χ2n) is 6.37. The van der Waals surface area contributed by atoms with Gasteiger partial charge < -0.3 is 5.32 Å². The van der Waals surface area contributed by atoms with Gasteiger partial charge >= 0.3 is 0 Å². The molecule has 0 unspecified atom stereocenters. The first-order valence-corrected chi connectivity index (χ1v) is 8.99. The van der Waals surface area contributed by atoms with Crippen molar-refractivity contribution in [2.75, 3.05) is 16.3 Å². The van der Waals surface area contributed by atoms with Crippen LogP contribution in [0.2, 0.25) is 0 Å². The highest BCUT2D eigenvalue weighted by atomic mass is 32.2. The number of hydrogen-bond donors (Lipinski definition) is 2. The Morgan fingerprint density at radius 2 is 1.41 bits per heavy atom. The van der Waals surface area contributed by atoms with E-state index in [1.807, 2.05) is 30.3 Å². The fraction of sp³-hybridized carbons (Fsp3) is 0.294. The zero-order chi connectivity index (χ0) is 16.4. The molecule has 0 fully saturated rings. The van der Waals surface area contributed by atoms with E-state index in [0.717, 1.165) is 17.6 Å². The van der Waals surface area contributed by atoms with Gasteiger partial charge in [0.2, 0.25) is 10.0 Å². The van der Waals surface area contributed by atoms with Crippen molar-refractivity contribution in [2.45, 2.75) is 26.2 Å². The molecular weight excluding hydrogens is 296 g/mol. The van der Waals surface area contributed by atoms with Gasteiger partial charge in [-0.2, -0.15) is 0 Å². The van der Waals surface area contributed by atoms with Crippen molar-refractivity contribution in [1.29, 1.82) is 0 Å². The lowest BCUT2D eigenvalue weighted by atomic mass is 9.86. The first-order chi connectivity index (χ1) is 10.1. The molecule has 0 aromatic heterocycles. The van der Waals surface area contributed by atoms with Crippen LogP contribution in [-0.4, -0.2) is 14.7 Å². The van der Waals surface area contributed by atoms with Crippen molar-refractivity contribution in [3.05, 3.63) is 54.1 Å². The van der Waals surface area contributed by atoms with Crippen LogP contribution in [0.5, 0.6) is 0 Å². The van der Waals surface area contributed by atoms with Gasteiger partial charge in [-0.15, -0.1) is 0 Å². The quantitative estimate of drug-likeness (QED) is 0.892. The molecule has 0 aliphatic rings. The van der Waals surface area contributed by atoms with Crippen LogP contribution in [0.1, 0.15) is 26.3 Å². The van der Waals surface area contributed by atoms with Gasteiger partial charge in [-0.1, -0.05) is 39.0 Å². The molecule has 0 amide bonds. The van der Waals surface area contributed by atoms with E-state index < -0.39 is 10.0 Å². The van der Waals surface area contributed by atoms with Gasteiger partial charge in [0.25, 0.3) is 0 Å². The molecule has 0 aliphatic heterocycles. The summed E-state index contributed by atoms with van der Waals surface area (Å²) in [5.41, 5.74) is 3.79. The van der Waals surface area contributed by atoms with Gasteiger partial charge in [0.1, 0.15) is 0 Å². The van der Waals surface area contributed by atoms with Crippen LogP contribution >= 0.6 is 0 Å². The zero-order valence-electron chi connectivity index (χ0n) is 13.3. The Kier molecular flexibility index (Phi) is 4.47. The average molecular weight is 318 g/mol. The van der Waals surface area contributed by atoms with E-state index in [1.54, 1.807) is 12.1 Å². The van der Waals surface area contributed by atoms with Gasteiger partial charge in [-0.3, -0.25) is 4.72 Å². The number of anilines is 3. The molecule has 0 radical (unpaired) electrons. The Balaban J connectivity index is 2.22. The van der Waals surface area contributed by atoms with Crippen molar-refractivity contribution in [3.63, 3.8) is 0 Å².